The van der Waals surface area contributed by atoms with Crippen molar-refractivity contribution in [2.75, 3.05) is 7.11 Å². The van der Waals surface area contributed by atoms with E-state index in [-0.39, 0.29) is 29.2 Å². The van der Waals surface area contributed by atoms with Crippen molar-refractivity contribution in [1.29, 1.82) is 0 Å². The molecule has 3 unspecified atom stereocenters. The molecule has 2 aromatic rings. The highest BCUT2D eigenvalue weighted by molar-refractivity contribution is 8.93. The number of hydrogen-bond donors (Lipinski definition) is 0. The number of cyclic esters (lactones) is 1. The summed E-state index contributed by atoms with van der Waals surface area (Å²) < 4.78 is 11.1. The van der Waals surface area contributed by atoms with Gasteiger partial charge in [0.25, 0.3) is 0 Å². The quantitative estimate of drug-likeness (QED) is 0.325. The van der Waals surface area contributed by atoms with Crippen LogP contribution in [0, 0.1) is 0 Å². The lowest BCUT2D eigenvalue weighted by Crippen LogP contribution is -2.48. The lowest BCUT2D eigenvalue weighted by atomic mass is 9.77. The molecule has 0 fully saturated rings. The standard InChI is InChI=1S/C24H22ClNO6.BrH/c1-14(2)26-19-12-15-8-4-5-9-16(15)24(32-31-23(19)28,17-10-6-7-11-18(17)25)22-20(29-3)13-21(27)30-22;/h4-11,13,19,22H,12H2,1-3H3;1H. The zero-order valence-electron chi connectivity index (χ0n) is 18.2. The summed E-state index contributed by atoms with van der Waals surface area (Å²) in [6, 6.07) is 13.6. The summed E-state index contributed by atoms with van der Waals surface area (Å²) in [7, 11) is 1.43. The molecule has 2 heterocycles. The highest BCUT2D eigenvalue weighted by atomic mass is 79.9. The number of esters is 1. The molecule has 0 saturated heterocycles. The van der Waals surface area contributed by atoms with Gasteiger partial charge in [-0.15, -0.1) is 17.0 Å². The summed E-state index contributed by atoms with van der Waals surface area (Å²) >= 11 is 6.60. The summed E-state index contributed by atoms with van der Waals surface area (Å²) in [6.07, 6.45) is 0.424. The number of benzene rings is 2. The van der Waals surface area contributed by atoms with Gasteiger partial charge in [-0.25, -0.2) is 9.59 Å². The van der Waals surface area contributed by atoms with Crippen molar-refractivity contribution in [2.45, 2.75) is 38.0 Å². The third-order valence-electron chi connectivity index (χ3n) is 5.40. The molecule has 0 aromatic heterocycles. The van der Waals surface area contributed by atoms with Crippen molar-refractivity contribution in [3.8, 4) is 0 Å². The number of fused-ring (bicyclic) bond motifs is 1. The SMILES string of the molecule is Br.COC1=CC(=O)OC1C1(c2ccccc2Cl)OOC(=O)C(N=C(C)C)Cc2ccccc21. The summed E-state index contributed by atoms with van der Waals surface area (Å²) in [6.45, 7) is 3.61. The van der Waals surface area contributed by atoms with Crippen LogP contribution in [0.2, 0.25) is 5.02 Å². The zero-order valence-corrected chi connectivity index (χ0v) is 20.7. The molecule has 2 aliphatic heterocycles. The molecule has 0 spiro atoms. The Balaban J connectivity index is 0.00000306. The molecule has 174 valence electrons. The van der Waals surface area contributed by atoms with E-state index in [2.05, 4.69) is 4.99 Å². The van der Waals surface area contributed by atoms with E-state index >= 15 is 0 Å². The lowest BCUT2D eigenvalue weighted by Gasteiger charge is -2.40. The Hall–Kier alpha value is -2.68. The number of carbonyl (C=O) groups excluding carboxylic acids is 2. The lowest BCUT2D eigenvalue weighted by molar-refractivity contribution is -0.344. The molecule has 2 aliphatic rings. The van der Waals surface area contributed by atoms with Crippen LogP contribution in [0.25, 0.3) is 0 Å². The second-order valence-electron chi connectivity index (χ2n) is 7.72. The fourth-order valence-corrected chi connectivity index (χ4v) is 4.37. The van der Waals surface area contributed by atoms with E-state index in [0.717, 1.165) is 11.3 Å². The predicted octanol–water partition coefficient (Wildman–Crippen LogP) is 4.50. The van der Waals surface area contributed by atoms with Gasteiger partial charge in [-0.3, -0.25) is 9.88 Å². The molecule has 33 heavy (non-hydrogen) atoms. The molecule has 7 nitrogen and oxygen atoms in total. The Bertz CT molecular complexity index is 1130. The molecule has 0 N–H and O–H groups in total. The van der Waals surface area contributed by atoms with Crippen LogP contribution in [-0.2, 0) is 40.9 Å². The molecule has 9 heteroatoms. The average molecular weight is 537 g/mol. The minimum absolute atomic E-state index is 0. The summed E-state index contributed by atoms with van der Waals surface area (Å²) in [4.78, 5) is 40.8. The van der Waals surface area contributed by atoms with Crippen LogP contribution in [0.5, 0.6) is 0 Å². The van der Waals surface area contributed by atoms with Crippen LogP contribution < -0.4 is 0 Å². The molecule has 0 bridgehead atoms. The van der Waals surface area contributed by atoms with E-state index in [4.69, 9.17) is 30.8 Å². The third kappa shape index (κ3) is 4.55. The van der Waals surface area contributed by atoms with Gasteiger partial charge in [0, 0.05) is 28.3 Å². The maximum absolute atomic E-state index is 12.9. The second kappa shape index (κ2) is 10.1. The highest BCUT2D eigenvalue weighted by Crippen LogP contribution is 2.48. The molecule has 0 amide bonds. The molecule has 0 aliphatic carbocycles. The van der Waals surface area contributed by atoms with Crippen LogP contribution in [0.15, 0.2) is 65.4 Å². The van der Waals surface area contributed by atoms with Gasteiger partial charge in [-0.05, 0) is 25.5 Å². The first-order chi connectivity index (χ1) is 15.4. The van der Waals surface area contributed by atoms with Crippen LogP contribution in [0.4, 0.5) is 0 Å². The Labute approximate surface area is 207 Å². The topological polar surface area (TPSA) is 83.4 Å². The fourth-order valence-electron chi connectivity index (χ4n) is 4.10. The van der Waals surface area contributed by atoms with E-state index in [9.17, 15) is 9.59 Å². The number of methoxy groups -OCH3 is 1. The molecule has 0 saturated carbocycles. The van der Waals surface area contributed by atoms with Crippen LogP contribution in [0.3, 0.4) is 0 Å². The third-order valence-corrected chi connectivity index (χ3v) is 5.73. The first-order valence-electron chi connectivity index (χ1n) is 10.1. The van der Waals surface area contributed by atoms with Gasteiger partial charge in [0.1, 0.15) is 5.76 Å². The number of nitrogens with zero attached hydrogens (tertiary/aromatic N) is 1. The fraction of sp³-hybridized carbons (Fsp3) is 0.292. The van der Waals surface area contributed by atoms with E-state index in [1.54, 1.807) is 38.1 Å². The normalized spacial score (nSPS) is 24.2. The number of hydrogen-bond acceptors (Lipinski definition) is 7. The van der Waals surface area contributed by atoms with Crippen LogP contribution in [-0.4, -0.2) is 36.9 Å². The van der Waals surface area contributed by atoms with Crippen molar-refractivity contribution >= 4 is 46.2 Å². The molecule has 2 aromatic carbocycles. The molecule has 0 radical (unpaired) electrons. The Morgan fingerprint density at radius 1 is 1.09 bits per heavy atom. The molecule has 4 rings (SSSR count). The number of ether oxygens (including phenoxy) is 2. The van der Waals surface area contributed by atoms with E-state index in [1.807, 2.05) is 24.3 Å². The molecule has 3 atom stereocenters. The van der Waals surface area contributed by atoms with Gasteiger partial charge in [-0.2, -0.15) is 4.89 Å². The average Bonchev–Trinajstić information content (AvgIpc) is 3.15. The van der Waals surface area contributed by atoms with Crippen molar-refractivity contribution in [1.82, 2.24) is 0 Å². The van der Waals surface area contributed by atoms with Crippen molar-refractivity contribution < 1.29 is 28.8 Å². The number of halogens is 2. The van der Waals surface area contributed by atoms with E-state index < -0.39 is 29.7 Å². The van der Waals surface area contributed by atoms with Crippen LogP contribution in [0.1, 0.15) is 30.5 Å². The van der Waals surface area contributed by atoms with Crippen molar-refractivity contribution in [2.24, 2.45) is 4.99 Å². The van der Waals surface area contributed by atoms with E-state index in [0.29, 0.717) is 16.1 Å². The highest BCUT2D eigenvalue weighted by Gasteiger charge is 2.56. The first-order valence-corrected chi connectivity index (χ1v) is 10.4. The van der Waals surface area contributed by atoms with Gasteiger partial charge in [0.2, 0.25) is 11.7 Å². The zero-order chi connectivity index (χ0) is 22.9. The van der Waals surface area contributed by atoms with Gasteiger partial charge >= 0.3 is 11.9 Å². The Kier molecular flexibility index (Phi) is 7.62. The molecular formula is C24H23BrClNO6. The van der Waals surface area contributed by atoms with Gasteiger partial charge in [0.05, 0.1) is 13.2 Å². The molecular weight excluding hydrogens is 514 g/mol. The van der Waals surface area contributed by atoms with Gasteiger partial charge in [0.15, 0.2) is 6.04 Å². The monoisotopic (exact) mass is 535 g/mol. The minimum Gasteiger partial charge on any atom is -0.497 e. The predicted molar refractivity (Wildman–Crippen MR) is 127 cm³/mol. The smallest absolute Gasteiger partial charge is 0.366 e. The van der Waals surface area contributed by atoms with Crippen LogP contribution >= 0.6 is 28.6 Å². The number of carbonyl (C=O) groups is 2. The van der Waals surface area contributed by atoms with Gasteiger partial charge in [-0.1, -0.05) is 54.1 Å². The van der Waals surface area contributed by atoms with Crippen molar-refractivity contribution in [3.63, 3.8) is 0 Å². The van der Waals surface area contributed by atoms with Crippen molar-refractivity contribution in [3.05, 3.63) is 82.1 Å². The minimum atomic E-state index is -1.60. The Morgan fingerprint density at radius 3 is 2.42 bits per heavy atom. The summed E-state index contributed by atoms with van der Waals surface area (Å²) in [5.74, 6) is -1.04. The maximum Gasteiger partial charge on any atom is 0.366 e. The largest absolute Gasteiger partial charge is 0.497 e. The number of rotatable bonds is 4. The summed E-state index contributed by atoms with van der Waals surface area (Å²) in [5, 5.41) is 0.344. The second-order valence-corrected chi connectivity index (χ2v) is 8.13. The van der Waals surface area contributed by atoms with E-state index in [1.165, 1.54) is 13.2 Å². The maximum atomic E-state index is 12.9. The van der Waals surface area contributed by atoms with Gasteiger partial charge < -0.3 is 9.47 Å². The summed E-state index contributed by atoms with van der Waals surface area (Å²) in [5.41, 5.74) is 0.985. The number of aliphatic imine (C=N–C) groups is 1. The first kappa shape index (κ1) is 25.0. The Morgan fingerprint density at radius 2 is 1.76 bits per heavy atom.